The topological polar surface area (TPSA) is 55.4 Å². The molecule has 1 aliphatic rings. The third kappa shape index (κ3) is 8.08. The van der Waals surface area contributed by atoms with Crippen LogP contribution in [0.4, 0.5) is 0 Å². The van der Waals surface area contributed by atoms with E-state index in [9.17, 15) is 0 Å². The summed E-state index contributed by atoms with van der Waals surface area (Å²) in [6, 6.07) is 6.29. The first-order valence-corrected chi connectivity index (χ1v) is 12.0. The quantitative estimate of drug-likeness (QED) is 0.438. The molecule has 6 heteroatoms. The van der Waals surface area contributed by atoms with Crippen LogP contribution in [0.25, 0.3) is 0 Å². The van der Waals surface area contributed by atoms with Crippen molar-refractivity contribution in [2.24, 2.45) is 0 Å². The van der Waals surface area contributed by atoms with Crippen molar-refractivity contribution in [1.82, 2.24) is 0 Å². The van der Waals surface area contributed by atoms with Gasteiger partial charge in [0.1, 0.15) is 24.4 Å². The van der Waals surface area contributed by atoms with Crippen LogP contribution in [0.1, 0.15) is 71.4 Å². The van der Waals surface area contributed by atoms with Crippen molar-refractivity contribution in [3.05, 3.63) is 34.9 Å². The van der Waals surface area contributed by atoms with Crippen LogP contribution in [-0.4, -0.2) is 62.5 Å². The zero-order valence-corrected chi connectivity index (χ0v) is 21.4. The van der Waals surface area contributed by atoms with Gasteiger partial charge in [-0.25, -0.2) is 0 Å². The lowest BCUT2D eigenvalue weighted by atomic mass is 9.99. The van der Waals surface area contributed by atoms with Gasteiger partial charge in [0.2, 0.25) is 0 Å². The Morgan fingerprint density at radius 3 is 2.19 bits per heavy atom. The van der Waals surface area contributed by atoms with E-state index < -0.39 is 6.29 Å². The van der Waals surface area contributed by atoms with E-state index in [4.69, 9.17) is 28.4 Å². The average Bonchev–Trinajstić information content (AvgIpc) is 2.71. The maximum Gasteiger partial charge on any atom is 0.184 e. The molecule has 0 N–H and O–H groups in total. The Balaban J connectivity index is 2.41. The summed E-state index contributed by atoms with van der Waals surface area (Å²) < 4.78 is 37.4. The van der Waals surface area contributed by atoms with E-state index >= 15 is 0 Å². The van der Waals surface area contributed by atoms with E-state index in [0.717, 1.165) is 5.56 Å². The van der Waals surface area contributed by atoms with Crippen molar-refractivity contribution in [3.63, 3.8) is 0 Å². The summed E-state index contributed by atoms with van der Waals surface area (Å²) in [6.07, 6.45) is -1.73. The van der Waals surface area contributed by atoms with Gasteiger partial charge in [0.15, 0.2) is 6.29 Å². The maximum absolute atomic E-state index is 6.57. The Labute approximate surface area is 194 Å². The minimum Gasteiger partial charge on any atom is -0.379 e. The lowest BCUT2D eigenvalue weighted by molar-refractivity contribution is -0.330. The molecule has 1 heterocycles. The van der Waals surface area contributed by atoms with Gasteiger partial charge >= 0.3 is 0 Å². The Morgan fingerprint density at radius 1 is 0.906 bits per heavy atom. The van der Waals surface area contributed by atoms with E-state index in [1.165, 1.54) is 11.1 Å². The molecule has 6 nitrogen and oxygen atoms in total. The molecule has 0 aliphatic carbocycles. The molecule has 0 radical (unpaired) electrons. The highest BCUT2D eigenvalue weighted by Crippen LogP contribution is 2.35. The zero-order chi connectivity index (χ0) is 23.8. The van der Waals surface area contributed by atoms with Crippen molar-refractivity contribution in [3.8, 4) is 0 Å². The van der Waals surface area contributed by atoms with Gasteiger partial charge in [-0.2, -0.15) is 0 Å². The average molecular weight is 453 g/mol. The molecule has 1 aliphatic heterocycles. The van der Waals surface area contributed by atoms with Crippen LogP contribution < -0.4 is 0 Å². The molecule has 1 aromatic rings. The van der Waals surface area contributed by atoms with E-state index in [2.05, 4.69) is 32.0 Å². The SMILES string of the molecule is CCOC[C@@H](OC(C)C)[C@H]1OC(c2ccc(C)c(C)c2)O[C@@H](COC(C)C)[C@H]1OC(C)C. The van der Waals surface area contributed by atoms with Crippen LogP contribution in [0, 0.1) is 13.8 Å². The van der Waals surface area contributed by atoms with Gasteiger partial charge in [0.05, 0.1) is 31.5 Å². The summed E-state index contributed by atoms with van der Waals surface area (Å²) in [5.74, 6) is 0. The van der Waals surface area contributed by atoms with Gasteiger partial charge in [0.25, 0.3) is 0 Å². The monoisotopic (exact) mass is 452 g/mol. The summed E-state index contributed by atoms with van der Waals surface area (Å²) in [4.78, 5) is 0. The summed E-state index contributed by atoms with van der Waals surface area (Å²) in [5.41, 5.74) is 3.42. The van der Waals surface area contributed by atoms with Crippen LogP contribution in [-0.2, 0) is 28.4 Å². The van der Waals surface area contributed by atoms with Gasteiger partial charge in [0, 0.05) is 12.2 Å². The Bertz CT molecular complexity index is 674. The van der Waals surface area contributed by atoms with Crippen LogP contribution >= 0.6 is 0 Å². The van der Waals surface area contributed by atoms with Gasteiger partial charge in [-0.15, -0.1) is 0 Å². The highest BCUT2D eigenvalue weighted by molar-refractivity contribution is 5.30. The number of aryl methyl sites for hydroxylation is 2. The molecule has 0 spiro atoms. The van der Waals surface area contributed by atoms with Crippen molar-refractivity contribution in [1.29, 1.82) is 0 Å². The Kier molecular flexibility index (Phi) is 11.1. The second-order valence-corrected chi connectivity index (χ2v) is 9.37. The Morgan fingerprint density at radius 2 is 1.62 bits per heavy atom. The molecular weight excluding hydrogens is 408 g/mol. The molecule has 1 unspecified atom stereocenters. The molecule has 0 amide bonds. The highest BCUT2D eigenvalue weighted by atomic mass is 16.7. The van der Waals surface area contributed by atoms with Crippen LogP contribution in [0.15, 0.2) is 18.2 Å². The van der Waals surface area contributed by atoms with Gasteiger partial charge in [-0.1, -0.05) is 18.2 Å². The highest BCUT2D eigenvalue weighted by Gasteiger charge is 2.46. The van der Waals surface area contributed by atoms with Crippen LogP contribution in [0.3, 0.4) is 0 Å². The molecule has 0 saturated carbocycles. The van der Waals surface area contributed by atoms with Gasteiger partial charge < -0.3 is 28.4 Å². The van der Waals surface area contributed by atoms with E-state index in [1.54, 1.807) is 0 Å². The predicted octanol–water partition coefficient (Wildman–Crippen LogP) is 5.13. The molecule has 0 aromatic heterocycles. The smallest absolute Gasteiger partial charge is 0.184 e. The number of ether oxygens (including phenoxy) is 6. The lowest BCUT2D eigenvalue weighted by Crippen LogP contribution is -2.57. The third-order valence-electron chi connectivity index (χ3n) is 5.40. The fourth-order valence-corrected chi connectivity index (χ4v) is 3.76. The third-order valence-corrected chi connectivity index (χ3v) is 5.40. The van der Waals surface area contributed by atoms with Crippen LogP contribution in [0.2, 0.25) is 0 Å². The van der Waals surface area contributed by atoms with Crippen molar-refractivity contribution in [2.45, 2.75) is 111 Å². The molecule has 0 bridgehead atoms. The van der Waals surface area contributed by atoms with Gasteiger partial charge in [-0.05, 0) is 73.4 Å². The minimum absolute atomic E-state index is 0.00112. The summed E-state index contributed by atoms with van der Waals surface area (Å²) >= 11 is 0. The largest absolute Gasteiger partial charge is 0.379 e. The molecular formula is C26H44O6. The second kappa shape index (κ2) is 13.0. The molecule has 1 fully saturated rings. The number of hydrogen-bond donors (Lipinski definition) is 0. The van der Waals surface area contributed by atoms with E-state index in [1.807, 2.05) is 48.5 Å². The summed E-state index contributed by atoms with van der Waals surface area (Å²) in [5, 5.41) is 0. The van der Waals surface area contributed by atoms with Crippen LogP contribution in [0.5, 0.6) is 0 Å². The van der Waals surface area contributed by atoms with Crippen molar-refractivity contribution < 1.29 is 28.4 Å². The zero-order valence-electron chi connectivity index (χ0n) is 21.4. The number of hydrogen-bond acceptors (Lipinski definition) is 6. The van der Waals surface area contributed by atoms with Crippen molar-refractivity contribution >= 4 is 0 Å². The molecule has 1 aromatic carbocycles. The molecule has 5 atom stereocenters. The lowest BCUT2D eigenvalue weighted by Gasteiger charge is -2.45. The first kappa shape index (κ1) is 27.2. The molecule has 32 heavy (non-hydrogen) atoms. The molecule has 1 saturated heterocycles. The maximum atomic E-state index is 6.57. The minimum atomic E-state index is -0.535. The standard InChI is InChI=1S/C26H44O6/c1-10-27-14-22(29-17(4)5)25-24(30-18(6)7)23(15-28-16(2)3)31-26(32-25)21-12-11-19(8)20(9)13-21/h11-13,16-18,22-26H,10,14-15H2,1-9H3/t22-,23+,24-,25-,26?/m1/s1. The fraction of sp³-hybridized carbons (Fsp3) is 0.769. The van der Waals surface area contributed by atoms with E-state index in [-0.39, 0.29) is 42.7 Å². The number of benzene rings is 1. The van der Waals surface area contributed by atoms with Gasteiger partial charge in [-0.3, -0.25) is 0 Å². The normalized spacial score (nSPS) is 25.1. The summed E-state index contributed by atoms with van der Waals surface area (Å²) in [7, 11) is 0. The Hall–Kier alpha value is -1.02. The first-order chi connectivity index (χ1) is 15.1. The van der Waals surface area contributed by atoms with E-state index in [0.29, 0.717) is 19.8 Å². The molecule has 2 rings (SSSR count). The summed E-state index contributed by atoms with van der Waals surface area (Å²) in [6.45, 7) is 19.8. The van der Waals surface area contributed by atoms with Crippen molar-refractivity contribution in [2.75, 3.05) is 19.8 Å². The fourth-order valence-electron chi connectivity index (χ4n) is 3.76. The number of rotatable bonds is 12. The first-order valence-electron chi connectivity index (χ1n) is 12.0. The predicted molar refractivity (Wildman–Crippen MR) is 126 cm³/mol. The molecule has 184 valence electrons. The second-order valence-electron chi connectivity index (χ2n) is 9.37.